The molecule has 1 aromatic carbocycles. The highest BCUT2D eigenvalue weighted by molar-refractivity contribution is 5.95. The molecule has 150 valence electrons. The number of carbonyl (C=O) groups excluding carboxylic acids is 1. The first-order valence-corrected chi connectivity index (χ1v) is 9.06. The molecule has 1 N–H and O–H groups in total. The van der Waals surface area contributed by atoms with E-state index < -0.39 is 11.8 Å². The first-order chi connectivity index (χ1) is 14.0. The molecule has 9 heteroatoms. The Morgan fingerprint density at radius 1 is 1.31 bits per heavy atom. The molecule has 0 unspecified atom stereocenters. The molecule has 0 fully saturated rings. The van der Waals surface area contributed by atoms with Crippen LogP contribution in [0.15, 0.2) is 30.7 Å². The van der Waals surface area contributed by atoms with Crippen LogP contribution < -0.4 is 9.47 Å². The first kappa shape index (κ1) is 18.7. The number of carbonyl (C=O) groups is 1. The molecule has 0 aliphatic rings. The van der Waals surface area contributed by atoms with Gasteiger partial charge in [0, 0.05) is 16.5 Å². The van der Waals surface area contributed by atoms with E-state index in [1.165, 1.54) is 25.6 Å². The van der Waals surface area contributed by atoms with Crippen molar-refractivity contribution < 1.29 is 23.4 Å². The number of benzene rings is 1. The fourth-order valence-electron chi connectivity index (χ4n) is 3.09. The fourth-order valence-corrected chi connectivity index (χ4v) is 3.09. The molecule has 4 aromatic rings. The molecule has 0 amide bonds. The number of hydrogen-bond donors (Lipinski definition) is 1. The number of rotatable bonds is 6. The molecule has 29 heavy (non-hydrogen) atoms. The third-order valence-corrected chi connectivity index (χ3v) is 4.52. The molecular formula is C20H19FN4O4. The van der Waals surface area contributed by atoms with Crippen molar-refractivity contribution in [3.63, 3.8) is 0 Å². The highest BCUT2D eigenvalue weighted by atomic mass is 19.1. The van der Waals surface area contributed by atoms with Gasteiger partial charge in [-0.25, -0.2) is 13.7 Å². The normalized spacial score (nSPS) is 11.2. The predicted molar refractivity (Wildman–Crippen MR) is 103 cm³/mol. The molecule has 0 aliphatic heterocycles. The van der Waals surface area contributed by atoms with Gasteiger partial charge in [-0.2, -0.15) is 10.1 Å². The highest BCUT2D eigenvalue weighted by Gasteiger charge is 2.19. The average molecular weight is 398 g/mol. The monoisotopic (exact) mass is 398 g/mol. The van der Waals surface area contributed by atoms with E-state index in [1.54, 1.807) is 16.8 Å². The molecule has 3 heterocycles. The Labute approximate surface area is 165 Å². The van der Waals surface area contributed by atoms with Gasteiger partial charge in [-0.05, 0) is 31.5 Å². The van der Waals surface area contributed by atoms with Crippen molar-refractivity contribution in [2.45, 2.75) is 20.3 Å². The summed E-state index contributed by atoms with van der Waals surface area (Å²) >= 11 is 0. The molecule has 4 rings (SSSR count). The van der Waals surface area contributed by atoms with E-state index >= 15 is 4.39 Å². The van der Waals surface area contributed by atoms with Crippen molar-refractivity contribution in [2.24, 2.45) is 0 Å². The maximum atomic E-state index is 15.0. The zero-order valence-electron chi connectivity index (χ0n) is 16.2. The molecule has 0 radical (unpaired) electrons. The van der Waals surface area contributed by atoms with Gasteiger partial charge in [0.05, 0.1) is 19.9 Å². The van der Waals surface area contributed by atoms with Crippen molar-refractivity contribution in [1.82, 2.24) is 19.6 Å². The van der Waals surface area contributed by atoms with Gasteiger partial charge in [-0.15, -0.1) is 0 Å². The van der Waals surface area contributed by atoms with Crippen molar-refractivity contribution in [1.29, 1.82) is 0 Å². The van der Waals surface area contributed by atoms with Gasteiger partial charge in [0.1, 0.15) is 23.3 Å². The van der Waals surface area contributed by atoms with Crippen LogP contribution in [0.3, 0.4) is 0 Å². The number of nitrogens with one attached hydrogen (secondary N) is 1. The standard InChI is InChI=1S/C20H19FN4O4/c1-4-7-28-16-9-25-18(11(16)2)19(22-10-23-25)29-15-6-5-13-12(17(15)21)8-14(24-13)20(26)27-3/h5-6,8-10,24H,4,7H2,1-3H3. The lowest BCUT2D eigenvalue weighted by Gasteiger charge is -2.08. The third kappa shape index (κ3) is 3.24. The number of ether oxygens (including phenoxy) is 3. The lowest BCUT2D eigenvalue weighted by atomic mass is 10.2. The van der Waals surface area contributed by atoms with Gasteiger partial charge in [0.15, 0.2) is 11.6 Å². The number of aromatic nitrogens is 4. The topological polar surface area (TPSA) is 90.7 Å². The lowest BCUT2D eigenvalue weighted by molar-refractivity contribution is 0.0595. The zero-order chi connectivity index (χ0) is 20.5. The van der Waals surface area contributed by atoms with Crippen LogP contribution in [0.2, 0.25) is 0 Å². The van der Waals surface area contributed by atoms with Crippen molar-refractivity contribution in [3.05, 3.63) is 47.8 Å². The minimum atomic E-state index is -0.614. The number of methoxy groups -OCH3 is 1. The lowest BCUT2D eigenvalue weighted by Crippen LogP contribution is -2.00. The summed E-state index contributed by atoms with van der Waals surface area (Å²) in [6, 6.07) is 4.48. The smallest absolute Gasteiger partial charge is 0.354 e. The molecule has 0 bridgehead atoms. The van der Waals surface area contributed by atoms with E-state index in [1.807, 2.05) is 13.8 Å². The van der Waals surface area contributed by atoms with Gasteiger partial charge in [0.2, 0.25) is 5.88 Å². The number of hydrogen-bond acceptors (Lipinski definition) is 6. The van der Waals surface area contributed by atoms with E-state index in [9.17, 15) is 4.79 Å². The van der Waals surface area contributed by atoms with Crippen LogP contribution in [0.25, 0.3) is 16.4 Å². The maximum absolute atomic E-state index is 15.0. The average Bonchev–Trinajstić information content (AvgIpc) is 3.30. The third-order valence-electron chi connectivity index (χ3n) is 4.52. The first-order valence-electron chi connectivity index (χ1n) is 9.06. The van der Waals surface area contributed by atoms with Crippen LogP contribution in [-0.2, 0) is 4.74 Å². The molecule has 0 saturated heterocycles. The van der Waals surface area contributed by atoms with Crippen molar-refractivity contribution in [3.8, 4) is 17.4 Å². The Morgan fingerprint density at radius 2 is 2.14 bits per heavy atom. The quantitative estimate of drug-likeness (QED) is 0.493. The number of nitrogens with zero attached hydrogens (tertiary/aromatic N) is 3. The van der Waals surface area contributed by atoms with Gasteiger partial charge < -0.3 is 19.2 Å². The summed E-state index contributed by atoms with van der Waals surface area (Å²) in [5, 5.41) is 4.39. The Morgan fingerprint density at radius 3 is 2.90 bits per heavy atom. The predicted octanol–water partition coefficient (Wildman–Crippen LogP) is 4.03. The summed E-state index contributed by atoms with van der Waals surface area (Å²) in [6.45, 7) is 4.46. The van der Waals surface area contributed by atoms with E-state index in [0.717, 1.165) is 12.0 Å². The summed E-state index contributed by atoms with van der Waals surface area (Å²) in [5.74, 6) is -0.348. The van der Waals surface area contributed by atoms with Crippen molar-refractivity contribution >= 4 is 22.4 Å². The Balaban J connectivity index is 1.74. The second kappa shape index (κ2) is 7.42. The van der Waals surface area contributed by atoms with Gasteiger partial charge in [-0.1, -0.05) is 6.92 Å². The summed E-state index contributed by atoms with van der Waals surface area (Å²) in [5.41, 5.74) is 1.99. The van der Waals surface area contributed by atoms with Crippen LogP contribution >= 0.6 is 0 Å². The fraction of sp³-hybridized carbons (Fsp3) is 0.250. The molecule has 0 spiro atoms. The van der Waals surface area contributed by atoms with Gasteiger partial charge in [0.25, 0.3) is 0 Å². The van der Waals surface area contributed by atoms with Gasteiger partial charge in [-0.3, -0.25) is 0 Å². The van der Waals surface area contributed by atoms with Crippen LogP contribution in [0.1, 0.15) is 29.4 Å². The van der Waals surface area contributed by atoms with Crippen LogP contribution in [0.4, 0.5) is 4.39 Å². The summed E-state index contributed by atoms with van der Waals surface area (Å²) in [6.07, 6.45) is 3.94. The number of H-pyrrole nitrogens is 1. The van der Waals surface area contributed by atoms with Crippen LogP contribution in [0.5, 0.6) is 17.4 Å². The zero-order valence-corrected chi connectivity index (χ0v) is 16.2. The van der Waals surface area contributed by atoms with E-state index in [0.29, 0.717) is 23.4 Å². The second-order valence-corrected chi connectivity index (χ2v) is 6.44. The van der Waals surface area contributed by atoms with Crippen LogP contribution in [-0.4, -0.2) is 39.3 Å². The molecule has 0 aliphatic carbocycles. The van der Waals surface area contributed by atoms with E-state index in [-0.39, 0.29) is 22.7 Å². The minimum Gasteiger partial charge on any atom is -0.492 e. The Kier molecular flexibility index (Phi) is 4.79. The molecule has 8 nitrogen and oxygen atoms in total. The minimum absolute atomic E-state index is 0.0230. The number of aryl methyl sites for hydroxylation is 1. The summed E-state index contributed by atoms with van der Waals surface area (Å²) < 4.78 is 32.8. The summed E-state index contributed by atoms with van der Waals surface area (Å²) in [4.78, 5) is 18.7. The number of fused-ring (bicyclic) bond motifs is 2. The maximum Gasteiger partial charge on any atom is 0.354 e. The number of esters is 1. The molecular weight excluding hydrogens is 379 g/mol. The molecule has 0 atom stereocenters. The second-order valence-electron chi connectivity index (χ2n) is 6.44. The Bertz CT molecular complexity index is 1210. The van der Waals surface area contributed by atoms with Crippen LogP contribution in [0, 0.1) is 12.7 Å². The van der Waals surface area contributed by atoms with Gasteiger partial charge >= 0.3 is 5.97 Å². The highest BCUT2D eigenvalue weighted by Crippen LogP contribution is 2.34. The van der Waals surface area contributed by atoms with Crippen molar-refractivity contribution in [2.75, 3.05) is 13.7 Å². The SMILES string of the molecule is CCCOc1cn2ncnc(Oc3ccc4[nH]c(C(=O)OC)cc4c3F)c2c1C. The largest absolute Gasteiger partial charge is 0.492 e. The number of aromatic amines is 1. The summed E-state index contributed by atoms with van der Waals surface area (Å²) in [7, 11) is 1.26. The van der Waals surface area contributed by atoms with E-state index in [4.69, 9.17) is 9.47 Å². The van der Waals surface area contributed by atoms with E-state index in [2.05, 4.69) is 19.8 Å². The number of halogens is 1. The Hall–Kier alpha value is -3.62. The molecule has 0 saturated carbocycles. The molecule has 3 aromatic heterocycles.